The van der Waals surface area contributed by atoms with Crippen molar-refractivity contribution in [2.45, 2.75) is 63.7 Å². The van der Waals surface area contributed by atoms with E-state index in [1.807, 2.05) is 27.7 Å². The molecule has 0 aromatic carbocycles. The Morgan fingerprint density at radius 2 is 1.83 bits per heavy atom. The number of aliphatic hydroxyl groups excluding tert-OH is 1. The molecule has 0 aliphatic carbocycles. The average molecular weight is 372 g/mol. The zero-order valence-corrected chi connectivity index (χ0v) is 13.3. The summed E-state index contributed by atoms with van der Waals surface area (Å²) >= 11 is 2.24. The van der Waals surface area contributed by atoms with E-state index in [1.165, 1.54) is 0 Å². The summed E-state index contributed by atoms with van der Waals surface area (Å²) in [6.45, 7) is 7.77. The third kappa shape index (κ3) is 3.16. The van der Waals surface area contributed by atoms with Gasteiger partial charge in [0.1, 0.15) is 18.3 Å². The van der Waals surface area contributed by atoms with Crippen LogP contribution in [-0.2, 0) is 18.9 Å². The van der Waals surface area contributed by atoms with Gasteiger partial charge in [0.2, 0.25) is 0 Å². The number of aliphatic hydroxyl groups is 1. The van der Waals surface area contributed by atoms with Crippen LogP contribution < -0.4 is 0 Å². The Labute approximate surface area is 121 Å². The molecular weight excluding hydrogens is 351 g/mol. The van der Waals surface area contributed by atoms with Crippen molar-refractivity contribution in [3.63, 3.8) is 0 Å². The Morgan fingerprint density at radius 1 is 1.17 bits per heavy atom. The van der Waals surface area contributed by atoms with Gasteiger partial charge in [-0.15, -0.1) is 0 Å². The molecule has 1 N–H and O–H groups in total. The third-order valence-corrected chi connectivity index (χ3v) is 3.99. The highest BCUT2D eigenvalue weighted by molar-refractivity contribution is 14.1. The number of alkyl halides is 1. The highest BCUT2D eigenvalue weighted by atomic mass is 127. The molecule has 5 nitrogen and oxygen atoms in total. The zero-order chi connectivity index (χ0) is 13.6. The van der Waals surface area contributed by atoms with Gasteiger partial charge in [-0.2, -0.15) is 0 Å². The van der Waals surface area contributed by atoms with E-state index >= 15 is 0 Å². The summed E-state index contributed by atoms with van der Waals surface area (Å²) in [5.41, 5.74) is 0. The van der Waals surface area contributed by atoms with Crippen molar-refractivity contribution < 1.29 is 24.1 Å². The Kier molecular flexibility index (Phi) is 4.26. The molecule has 0 aromatic rings. The van der Waals surface area contributed by atoms with Gasteiger partial charge in [-0.25, -0.2) is 0 Å². The molecule has 2 saturated heterocycles. The first-order valence-electron chi connectivity index (χ1n) is 6.15. The van der Waals surface area contributed by atoms with E-state index in [-0.39, 0.29) is 18.3 Å². The summed E-state index contributed by atoms with van der Waals surface area (Å²) in [5, 5.41) is 10.4. The Morgan fingerprint density at radius 3 is 2.33 bits per heavy atom. The summed E-state index contributed by atoms with van der Waals surface area (Å²) in [6, 6.07) is 0. The SMILES string of the molecule is CC1(C)O[C@@H]([C@H](O)[C@H]2COC(C)(C)O2)[C@H](CI)O1. The maximum absolute atomic E-state index is 10.4. The molecule has 4 atom stereocenters. The lowest BCUT2D eigenvalue weighted by Crippen LogP contribution is -2.45. The van der Waals surface area contributed by atoms with Crippen molar-refractivity contribution >= 4 is 22.6 Å². The molecule has 0 spiro atoms. The molecule has 0 bridgehead atoms. The van der Waals surface area contributed by atoms with Crippen molar-refractivity contribution in [2.75, 3.05) is 11.0 Å². The van der Waals surface area contributed by atoms with Crippen molar-refractivity contribution in [2.24, 2.45) is 0 Å². The van der Waals surface area contributed by atoms with Crippen molar-refractivity contribution in [3.8, 4) is 0 Å². The van der Waals surface area contributed by atoms with Crippen LogP contribution in [0.15, 0.2) is 0 Å². The lowest BCUT2D eigenvalue weighted by molar-refractivity contribution is -0.178. The summed E-state index contributed by atoms with van der Waals surface area (Å²) in [7, 11) is 0. The minimum Gasteiger partial charge on any atom is -0.387 e. The van der Waals surface area contributed by atoms with Crippen LogP contribution in [0, 0.1) is 0 Å². The standard InChI is InChI=1S/C12H21IO5/c1-11(2)15-6-8(17-11)9(14)10-7(5-13)16-12(3,4)18-10/h7-10,14H,5-6H2,1-4H3/t7-,8+,9+,10+/m0/s1. The fourth-order valence-corrected chi connectivity index (χ4v) is 3.05. The van der Waals surface area contributed by atoms with E-state index < -0.39 is 17.7 Å². The van der Waals surface area contributed by atoms with Crippen LogP contribution in [0.3, 0.4) is 0 Å². The van der Waals surface area contributed by atoms with Gasteiger partial charge in [0.05, 0.1) is 12.7 Å². The van der Waals surface area contributed by atoms with Gasteiger partial charge in [0.25, 0.3) is 0 Å². The van der Waals surface area contributed by atoms with Crippen molar-refractivity contribution in [3.05, 3.63) is 0 Å². The molecule has 0 aromatic heterocycles. The van der Waals surface area contributed by atoms with Crippen molar-refractivity contribution in [1.82, 2.24) is 0 Å². The van der Waals surface area contributed by atoms with Crippen LogP contribution in [-0.4, -0.2) is 52.1 Å². The Hall–Kier alpha value is 0.530. The molecule has 18 heavy (non-hydrogen) atoms. The summed E-state index contributed by atoms with van der Waals surface area (Å²) in [6.07, 6.45) is -1.61. The minimum absolute atomic E-state index is 0.122. The van der Waals surface area contributed by atoms with Crippen LogP contribution in [0.2, 0.25) is 0 Å². The zero-order valence-electron chi connectivity index (χ0n) is 11.2. The fraction of sp³-hybridized carbons (Fsp3) is 1.00. The molecule has 0 unspecified atom stereocenters. The molecule has 0 amide bonds. The van der Waals surface area contributed by atoms with E-state index in [1.54, 1.807) is 0 Å². The minimum atomic E-state index is -0.742. The van der Waals surface area contributed by atoms with Gasteiger partial charge in [-0.1, -0.05) is 22.6 Å². The second-order valence-corrected chi connectivity index (χ2v) is 6.53. The average Bonchev–Trinajstić information content (AvgIpc) is 2.77. The van der Waals surface area contributed by atoms with Crippen LogP contribution in [0.25, 0.3) is 0 Å². The molecule has 2 aliphatic heterocycles. The lowest BCUT2D eigenvalue weighted by atomic mass is 10.0. The maximum atomic E-state index is 10.4. The van der Waals surface area contributed by atoms with Gasteiger partial charge in [0, 0.05) is 4.43 Å². The normalized spacial score (nSPS) is 40.0. The molecule has 6 heteroatoms. The number of halogens is 1. The highest BCUT2D eigenvalue weighted by Crippen LogP contribution is 2.34. The van der Waals surface area contributed by atoms with E-state index in [0.29, 0.717) is 6.61 Å². The molecule has 0 saturated carbocycles. The van der Waals surface area contributed by atoms with Gasteiger partial charge in [-0.05, 0) is 27.7 Å². The van der Waals surface area contributed by atoms with Crippen LogP contribution in [0.5, 0.6) is 0 Å². The molecule has 2 rings (SSSR count). The topological polar surface area (TPSA) is 57.2 Å². The molecule has 106 valence electrons. The van der Waals surface area contributed by atoms with Crippen molar-refractivity contribution in [1.29, 1.82) is 0 Å². The molecule has 2 fully saturated rings. The fourth-order valence-electron chi connectivity index (χ4n) is 2.37. The number of hydrogen-bond donors (Lipinski definition) is 1. The third-order valence-electron chi connectivity index (χ3n) is 3.12. The molecule has 2 heterocycles. The number of hydrogen-bond acceptors (Lipinski definition) is 5. The van der Waals surface area contributed by atoms with E-state index in [0.717, 1.165) is 4.43 Å². The summed E-state index contributed by atoms with van der Waals surface area (Å²) in [5.74, 6) is -1.29. The summed E-state index contributed by atoms with van der Waals surface area (Å²) < 4.78 is 23.5. The van der Waals surface area contributed by atoms with E-state index in [2.05, 4.69) is 22.6 Å². The first-order chi connectivity index (χ1) is 8.24. The predicted octanol–water partition coefficient (Wildman–Crippen LogP) is 1.45. The second kappa shape index (κ2) is 5.14. The van der Waals surface area contributed by atoms with Gasteiger partial charge >= 0.3 is 0 Å². The number of ether oxygens (including phenoxy) is 4. The number of rotatable bonds is 3. The van der Waals surface area contributed by atoms with Crippen LogP contribution in [0.4, 0.5) is 0 Å². The first-order valence-corrected chi connectivity index (χ1v) is 7.68. The second-order valence-electron chi connectivity index (χ2n) is 5.65. The van der Waals surface area contributed by atoms with Crippen LogP contribution in [0.1, 0.15) is 27.7 Å². The van der Waals surface area contributed by atoms with Gasteiger partial charge < -0.3 is 24.1 Å². The van der Waals surface area contributed by atoms with Gasteiger partial charge in [-0.3, -0.25) is 0 Å². The largest absolute Gasteiger partial charge is 0.387 e. The summed E-state index contributed by atoms with van der Waals surface area (Å²) in [4.78, 5) is 0. The van der Waals surface area contributed by atoms with E-state index in [4.69, 9.17) is 18.9 Å². The highest BCUT2D eigenvalue weighted by Gasteiger charge is 2.49. The van der Waals surface area contributed by atoms with E-state index in [9.17, 15) is 5.11 Å². The quantitative estimate of drug-likeness (QED) is 0.601. The Balaban J connectivity index is 2.02. The first kappa shape index (κ1) is 14.9. The maximum Gasteiger partial charge on any atom is 0.163 e. The lowest BCUT2D eigenvalue weighted by Gasteiger charge is -2.26. The smallest absolute Gasteiger partial charge is 0.163 e. The molecule has 0 radical (unpaired) electrons. The molecule has 2 aliphatic rings. The van der Waals surface area contributed by atoms with Gasteiger partial charge in [0.15, 0.2) is 11.6 Å². The predicted molar refractivity (Wildman–Crippen MR) is 73.6 cm³/mol. The Bertz CT molecular complexity index is 307. The van der Waals surface area contributed by atoms with Crippen LogP contribution >= 0.6 is 22.6 Å². The molecular formula is C12H21IO5. The monoisotopic (exact) mass is 372 g/mol.